The Morgan fingerprint density at radius 2 is 2.00 bits per heavy atom. The van der Waals surface area contributed by atoms with Crippen LogP contribution in [0.1, 0.15) is 12.5 Å². The summed E-state index contributed by atoms with van der Waals surface area (Å²) in [5.74, 6) is 0.405. The van der Waals surface area contributed by atoms with Gasteiger partial charge < -0.3 is 0 Å². The highest BCUT2D eigenvalue weighted by atomic mass is 35.5. The lowest BCUT2D eigenvalue weighted by Gasteiger charge is -2.05. The lowest BCUT2D eigenvalue weighted by Crippen LogP contribution is -1.93. The van der Waals surface area contributed by atoms with Crippen LogP contribution in [0, 0.1) is 12.8 Å². The minimum atomic E-state index is 0.405. The van der Waals surface area contributed by atoms with Gasteiger partial charge in [-0.3, -0.25) is 0 Å². The van der Waals surface area contributed by atoms with Crippen LogP contribution in [0.3, 0.4) is 0 Å². The summed E-state index contributed by atoms with van der Waals surface area (Å²) in [6, 6.07) is 5.70. The first-order valence-electron chi connectivity index (χ1n) is 3.86. The van der Waals surface area contributed by atoms with Crippen LogP contribution in [0.5, 0.6) is 0 Å². The van der Waals surface area contributed by atoms with Crippen molar-refractivity contribution >= 4 is 23.2 Å². The zero-order valence-electron chi connectivity index (χ0n) is 6.98. The Balaban J connectivity index is 2.82. The van der Waals surface area contributed by atoms with Crippen LogP contribution < -0.4 is 0 Å². The highest BCUT2D eigenvalue weighted by Gasteiger charge is 2.01. The van der Waals surface area contributed by atoms with Gasteiger partial charge in [0.05, 0.1) is 10.0 Å². The molecule has 1 unspecified atom stereocenters. The molecule has 0 aliphatic heterocycles. The second-order valence-electron chi connectivity index (χ2n) is 3.06. The average molecular weight is 202 g/mol. The summed E-state index contributed by atoms with van der Waals surface area (Å²) in [5, 5.41) is 1.23. The van der Waals surface area contributed by atoms with Crippen molar-refractivity contribution in [3.8, 4) is 0 Å². The highest BCUT2D eigenvalue weighted by Crippen LogP contribution is 2.23. The van der Waals surface area contributed by atoms with Crippen LogP contribution in [-0.2, 0) is 6.42 Å². The Morgan fingerprint density at radius 1 is 1.33 bits per heavy atom. The maximum atomic E-state index is 5.84. The van der Waals surface area contributed by atoms with Gasteiger partial charge in [-0.1, -0.05) is 43.1 Å². The summed E-state index contributed by atoms with van der Waals surface area (Å²) < 4.78 is 0. The predicted octanol–water partition coefficient (Wildman–Crippen LogP) is 4.01. The summed E-state index contributed by atoms with van der Waals surface area (Å²) in [5.41, 5.74) is 1.19. The quantitative estimate of drug-likeness (QED) is 0.679. The smallest absolute Gasteiger partial charge is 0.0595 e. The molecule has 0 heterocycles. The van der Waals surface area contributed by atoms with Gasteiger partial charge >= 0.3 is 0 Å². The molecule has 0 spiro atoms. The SMILES string of the molecule is [CH2]C(C)Cc1ccc(Cl)c(Cl)c1. The van der Waals surface area contributed by atoms with Crippen LogP contribution in [0.2, 0.25) is 10.0 Å². The van der Waals surface area contributed by atoms with Crippen molar-refractivity contribution in [1.29, 1.82) is 0 Å². The van der Waals surface area contributed by atoms with Gasteiger partial charge in [0.2, 0.25) is 0 Å². The fraction of sp³-hybridized carbons (Fsp3) is 0.300. The number of rotatable bonds is 2. The Morgan fingerprint density at radius 3 is 2.50 bits per heavy atom. The van der Waals surface area contributed by atoms with E-state index in [2.05, 4.69) is 13.8 Å². The van der Waals surface area contributed by atoms with E-state index in [1.165, 1.54) is 5.56 Å². The monoisotopic (exact) mass is 201 g/mol. The lowest BCUT2D eigenvalue weighted by molar-refractivity contribution is 0.719. The molecule has 0 saturated heterocycles. The van der Waals surface area contributed by atoms with Gasteiger partial charge in [0.15, 0.2) is 0 Å². The standard InChI is InChI=1S/C10H11Cl2/c1-7(2)5-8-3-4-9(11)10(12)6-8/h3-4,6-7H,1,5H2,2H3. The van der Waals surface area contributed by atoms with Crippen molar-refractivity contribution in [2.24, 2.45) is 5.92 Å². The first kappa shape index (κ1) is 9.88. The minimum absolute atomic E-state index is 0.405. The minimum Gasteiger partial charge on any atom is -0.0827 e. The molecule has 0 nitrogen and oxygen atoms in total. The van der Waals surface area contributed by atoms with Gasteiger partial charge in [-0.15, -0.1) is 0 Å². The third-order valence-corrected chi connectivity index (χ3v) is 2.31. The van der Waals surface area contributed by atoms with E-state index in [-0.39, 0.29) is 0 Å². The van der Waals surface area contributed by atoms with E-state index in [0.29, 0.717) is 16.0 Å². The van der Waals surface area contributed by atoms with Crippen LogP contribution in [0.15, 0.2) is 18.2 Å². The van der Waals surface area contributed by atoms with Gasteiger partial charge in [-0.2, -0.15) is 0 Å². The second-order valence-corrected chi connectivity index (χ2v) is 3.87. The predicted molar refractivity (Wildman–Crippen MR) is 54.7 cm³/mol. The molecule has 1 rings (SSSR count). The van der Waals surface area contributed by atoms with Crippen LogP contribution in [0.4, 0.5) is 0 Å². The van der Waals surface area contributed by atoms with Crippen molar-refractivity contribution in [3.05, 3.63) is 40.7 Å². The number of hydrogen-bond donors (Lipinski definition) is 0. The fourth-order valence-electron chi connectivity index (χ4n) is 1.07. The zero-order chi connectivity index (χ0) is 9.14. The first-order valence-corrected chi connectivity index (χ1v) is 4.62. The van der Waals surface area contributed by atoms with Crippen molar-refractivity contribution < 1.29 is 0 Å². The summed E-state index contributed by atoms with van der Waals surface area (Å²) in [7, 11) is 0. The average Bonchev–Trinajstić information content (AvgIpc) is 1.96. The molecule has 0 aliphatic rings. The van der Waals surface area contributed by atoms with Crippen LogP contribution in [0.25, 0.3) is 0 Å². The molecule has 0 amide bonds. The van der Waals surface area contributed by atoms with Crippen molar-refractivity contribution in [3.63, 3.8) is 0 Å². The Kier molecular flexibility index (Phi) is 3.42. The Bertz CT molecular complexity index is 267. The fourth-order valence-corrected chi connectivity index (χ4v) is 1.39. The molecular weight excluding hydrogens is 191 g/mol. The molecular formula is C10H11Cl2. The van der Waals surface area contributed by atoms with Gasteiger partial charge in [-0.25, -0.2) is 0 Å². The van der Waals surface area contributed by atoms with E-state index >= 15 is 0 Å². The van der Waals surface area contributed by atoms with E-state index in [9.17, 15) is 0 Å². The third kappa shape index (κ3) is 2.69. The topological polar surface area (TPSA) is 0 Å². The molecule has 12 heavy (non-hydrogen) atoms. The third-order valence-electron chi connectivity index (χ3n) is 1.57. The number of hydrogen-bond acceptors (Lipinski definition) is 0. The van der Waals surface area contributed by atoms with Gasteiger partial charge in [0.1, 0.15) is 0 Å². The largest absolute Gasteiger partial charge is 0.0827 e. The van der Waals surface area contributed by atoms with E-state index in [1.807, 2.05) is 18.2 Å². The molecule has 0 bridgehead atoms. The number of benzene rings is 1. The summed E-state index contributed by atoms with van der Waals surface area (Å²) in [6.07, 6.45) is 0.941. The van der Waals surface area contributed by atoms with Crippen LogP contribution >= 0.6 is 23.2 Å². The van der Waals surface area contributed by atoms with Crippen LogP contribution in [-0.4, -0.2) is 0 Å². The Labute approximate surface area is 83.5 Å². The lowest BCUT2D eigenvalue weighted by atomic mass is 10.0. The molecule has 0 aromatic heterocycles. The van der Waals surface area contributed by atoms with Gasteiger partial charge in [0, 0.05) is 0 Å². The van der Waals surface area contributed by atoms with Gasteiger partial charge in [0.25, 0.3) is 0 Å². The normalized spacial score (nSPS) is 10.8. The van der Waals surface area contributed by atoms with E-state index in [0.717, 1.165) is 6.42 Å². The maximum absolute atomic E-state index is 5.84. The summed E-state index contributed by atoms with van der Waals surface area (Å²) in [6.45, 7) is 5.98. The summed E-state index contributed by atoms with van der Waals surface area (Å²) >= 11 is 11.6. The Hall–Kier alpha value is -0.200. The van der Waals surface area contributed by atoms with E-state index in [1.54, 1.807) is 0 Å². The van der Waals surface area contributed by atoms with Crippen molar-refractivity contribution in [1.82, 2.24) is 0 Å². The zero-order valence-corrected chi connectivity index (χ0v) is 8.49. The molecule has 1 atom stereocenters. The van der Waals surface area contributed by atoms with Crippen molar-refractivity contribution in [2.75, 3.05) is 0 Å². The first-order chi connectivity index (χ1) is 5.59. The van der Waals surface area contributed by atoms with Crippen molar-refractivity contribution in [2.45, 2.75) is 13.3 Å². The molecule has 1 aromatic rings. The summed E-state index contributed by atoms with van der Waals surface area (Å²) in [4.78, 5) is 0. The van der Waals surface area contributed by atoms with E-state index in [4.69, 9.17) is 23.2 Å². The van der Waals surface area contributed by atoms with Gasteiger partial charge in [-0.05, 0) is 30.0 Å². The molecule has 1 aromatic carbocycles. The molecule has 1 radical (unpaired) electrons. The molecule has 0 aliphatic carbocycles. The number of halogens is 2. The highest BCUT2D eigenvalue weighted by molar-refractivity contribution is 6.42. The second kappa shape index (κ2) is 4.15. The molecule has 0 fully saturated rings. The van der Waals surface area contributed by atoms with E-state index < -0.39 is 0 Å². The molecule has 2 heteroatoms. The molecule has 0 saturated carbocycles. The molecule has 0 N–H and O–H groups in total. The maximum Gasteiger partial charge on any atom is 0.0595 e. The molecule has 65 valence electrons.